The van der Waals surface area contributed by atoms with Gasteiger partial charge in [0.25, 0.3) is 11.6 Å². The van der Waals surface area contributed by atoms with Crippen molar-refractivity contribution in [3.8, 4) is 0 Å². The molecule has 2 aliphatic rings. The Hall–Kier alpha value is -3.75. The van der Waals surface area contributed by atoms with Gasteiger partial charge in [-0.3, -0.25) is 29.4 Å². The summed E-state index contributed by atoms with van der Waals surface area (Å²) in [6.45, 7) is 0.140. The molecule has 5 rings (SSSR count). The smallest absolute Gasteiger partial charge is 0.271 e. The molecular formula is C24H18ClN3O5. The van der Waals surface area contributed by atoms with Crippen LogP contribution in [0.4, 0.5) is 11.4 Å². The molecule has 0 aromatic heterocycles. The topological polar surface area (TPSA) is 93.0 Å². The molecule has 2 amide bonds. The van der Waals surface area contributed by atoms with Crippen molar-refractivity contribution in [2.75, 3.05) is 5.06 Å². The number of rotatable bonds is 5. The summed E-state index contributed by atoms with van der Waals surface area (Å²) in [4.78, 5) is 44.7. The fourth-order valence-electron chi connectivity index (χ4n) is 4.39. The third kappa shape index (κ3) is 3.63. The Kier molecular flexibility index (Phi) is 5.32. The third-order valence-corrected chi connectivity index (χ3v) is 6.25. The van der Waals surface area contributed by atoms with Crippen LogP contribution >= 0.6 is 11.6 Å². The number of non-ortho nitro benzene ring substituents is 1. The molecule has 0 N–H and O–H groups in total. The van der Waals surface area contributed by atoms with Crippen molar-refractivity contribution in [2.24, 2.45) is 5.92 Å². The van der Waals surface area contributed by atoms with E-state index in [1.54, 1.807) is 30.3 Å². The Morgan fingerprint density at radius 1 is 0.939 bits per heavy atom. The monoisotopic (exact) mass is 463 g/mol. The lowest BCUT2D eigenvalue weighted by atomic mass is 9.90. The fraction of sp³-hybridized carbons (Fsp3) is 0.167. The number of amides is 2. The van der Waals surface area contributed by atoms with Crippen LogP contribution in [-0.2, 0) is 21.0 Å². The zero-order chi connectivity index (χ0) is 23.1. The molecule has 2 saturated heterocycles. The van der Waals surface area contributed by atoms with E-state index in [4.69, 9.17) is 16.4 Å². The first-order chi connectivity index (χ1) is 16.0. The molecule has 0 bridgehead atoms. The van der Waals surface area contributed by atoms with Crippen LogP contribution in [0, 0.1) is 16.0 Å². The first-order valence-electron chi connectivity index (χ1n) is 10.3. The Balaban J connectivity index is 1.56. The van der Waals surface area contributed by atoms with Gasteiger partial charge in [0, 0.05) is 17.2 Å². The van der Waals surface area contributed by atoms with E-state index in [0.717, 1.165) is 5.56 Å². The molecule has 2 heterocycles. The van der Waals surface area contributed by atoms with E-state index in [1.807, 2.05) is 30.3 Å². The zero-order valence-corrected chi connectivity index (χ0v) is 18.0. The van der Waals surface area contributed by atoms with E-state index in [0.29, 0.717) is 16.3 Å². The van der Waals surface area contributed by atoms with Crippen LogP contribution in [0.3, 0.4) is 0 Å². The molecule has 0 aliphatic carbocycles. The highest BCUT2D eigenvalue weighted by molar-refractivity contribution is 6.31. The number of hydrogen-bond acceptors (Lipinski definition) is 6. The normalized spacial score (nSPS) is 22.0. The predicted molar refractivity (Wildman–Crippen MR) is 120 cm³/mol. The fourth-order valence-corrected chi connectivity index (χ4v) is 4.64. The summed E-state index contributed by atoms with van der Waals surface area (Å²) >= 11 is 6.48. The summed E-state index contributed by atoms with van der Waals surface area (Å²) in [5, 5.41) is 13.1. The number of benzene rings is 3. The molecule has 0 saturated carbocycles. The molecule has 2 fully saturated rings. The first-order valence-corrected chi connectivity index (χ1v) is 10.7. The molecule has 3 atom stereocenters. The maximum absolute atomic E-state index is 13.5. The van der Waals surface area contributed by atoms with Crippen molar-refractivity contribution in [3.05, 3.63) is 105 Å². The van der Waals surface area contributed by atoms with Crippen molar-refractivity contribution in [3.63, 3.8) is 0 Å². The number of likely N-dealkylation sites (tertiary alicyclic amines) is 1. The molecule has 166 valence electrons. The molecule has 8 nitrogen and oxygen atoms in total. The number of halogens is 1. The van der Waals surface area contributed by atoms with Crippen LogP contribution in [0.15, 0.2) is 78.9 Å². The third-order valence-electron chi connectivity index (χ3n) is 5.91. The predicted octanol–water partition coefficient (Wildman–Crippen LogP) is 4.29. The number of nitrogens with zero attached hydrogens (tertiary/aromatic N) is 3. The largest absolute Gasteiger partial charge is 0.275 e. The van der Waals surface area contributed by atoms with Gasteiger partial charge in [-0.2, -0.15) is 0 Å². The molecule has 3 aromatic rings. The average Bonchev–Trinajstić information content (AvgIpc) is 3.32. The number of hydrogen-bond donors (Lipinski definition) is 0. The number of nitro benzene ring substituents is 1. The van der Waals surface area contributed by atoms with Crippen molar-refractivity contribution in [1.29, 1.82) is 0 Å². The van der Waals surface area contributed by atoms with E-state index in [2.05, 4.69) is 0 Å². The molecule has 0 spiro atoms. The van der Waals surface area contributed by atoms with Gasteiger partial charge in [-0.1, -0.05) is 66.2 Å². The minimum atomic E-state index is -1.05. The minimum Gasteiger partial charge on any atom is -0.275 e. The van der Waals surface area contributed by atoms with Gasteiger partial charge in [0.1, 0.15) is 5.92 Å². The Labute approximate surface area is 194 Å². The van der Waals surface area contributed by atoms with E-state index in [9.17, 15) is 19.7 Å². The Morgan fingerprint density at radius 3 is 2.39 bits per heavy atom. The highest BCUT2D eigenvalue weighted by Crippen LogP contribution is 2.48. The van der Waals surface area contributed by atoms with Gasteiger partial charge in [-0.25, -0.2) is 5.06 Å². The number of fused-ring (bicyclic) bond motifs is 1. The molecule has 2 aliphatic heterocycles. The zero-order valence-electron chi connectivity index (χ0n) is 17.2. The van der Waals surface area contributed by atoms with Crippen molar-refractivity contribution >= 4 is 34.8 Å². The summed E-state index contributed by atoms with van der Waals surface area (Å²) in [5.74, 6) is -1.66. The summed E-state index contributed by atoms with van der Waals surface area (Å²) in [7, 11) is 0. The van der Waals surface area contributed by atoms with Crippen LogP contribution in [0.2, 0.25) is 5.02 Å². The second kappa shape index (κ2) is 8.31. The summed E-state index contributed by atoms with van der Waals surface area (Å²) in [6.07, 6.45) is -1.05. The number of hydroxylamine groups is 1. The van der Waals surface area contributed by atoms with Crippen LogP contribution in [-0.4, -0.2) is 27.7 Å². The Morgan fingerprint density at radius 2 is 1.67 bits per heavy atom. The van der Waals surface area contributed by atoms with Gasteiger partial charge in [-0.05, 0) is 23.3 Å². The maximum Gasteiger partial charge on any atom is 0.271 e. The SMILES string of the molecule is O=C1[C@H]2[C@@H](ON(c3cccc([N+](=O)[O-])c3)[C@H]2c2ccccc2Cl)C(=O)N1Cc1ccccc1. The molecule has 9 heteroatoms. The van der Waals surface area contributed by atoms with Gasteiger partial charge in [0.15, 0.2) is 6.10 Å². The second-order valence-electron chi connectivity index (χ2n) is 7.87. The molecular weight excluding hydrogens is 446 g/mol. The van der Waals surface area contributed by atoms with Gasteiger partial charge >= 0.3 is 0 Å². The van der Waals surface area contributed by atoms with E-state index in [1.165, 1.54) is 28.2 Å². The highest BCUT2D eigenvalue weighted by Gasteiger charge is 2.60. The number of carbonyl (C=O) groups excluding carboxylic acids is 2. The summed E-state index contributed by atoms with van der Waals surface area (Å²) < 4.78 is 0. The number of imide groups is 1. The van der Waals surface area contributed by atoms with Gasteiger partial charge in [-0.15, -0.1) is 0 Å². The van der Waals surface area contributed by atoms with Crippen LogP contribution in [0.5, 0.6) is 0 Å². The molecule has 0 radical (unpaired) electrons. The first kappa shape index (κ1) is 21.1. The van der Waals surface area contributed by atoms with E-state index >= 15 is 0 Å². The Bertz CT molecular complexity index is 1250. The van der Waals surface area contributed by atoms with Crippen LogP contribution in [0.25, 0.3) is 0 Å². The lowest BCUT2D eigenvalue weighted by Crippen LogP contribution is -2.37. The van der Waals surface area contributed by atoms with Gasteiger partial charge < -0.3 is 0 Å². The second-order valence-corrected chi connectivity index (χ2v) is 8.28. The molecule has 3 aromatic carbocycles. The van der Waals surface area contributed by atoms with Gasteiger partial charge in [0.05, 0.1) is 23.2 Å². The molecule has 0 unspecified atom stereocenters. The van der Waals surface area contributed by atoms with Crippen LogP contribution < -0.4 is 5.06 Å². The lowest BCUT2D eigenvalue weighted by Gasteiger charge is -2.29. The summed E-state index contributed by atoms with van der Waals surface area (Å²) in [5.41, 5.74) is 1.65. The summed E-state index contributed by atoms with van der Waals surface area (Å²) in [6, 6.07) is 21.4. The van der Waals surface area contributed by atoms with E-state index < -0.39 is 28.9 Å². The van der Waals surface area contributed by atoms with Crippen molar-refractivity contribution in [2.45, 2.75) is 18.7 Å². The van der Waals surface area contributed by atoms with E-state index in [-0.39, 0.29) is 18.1 Å². The van der Waals surface area contributed by atoms with Crippen molar-refractivity contribution in [1.82, 2.24) is 4.90 Å². The van der Waals surface area contributed by atoms with Gasteiger partial charge in [0.2, 0.25) is 5.91 Å². The number of carbonyl (C=O) groups is 2. The number of nitro groups is 1. The quantitative estimate of drug-likeness (QED) is 0.318. The number of anilines is 1. The van der Waals surface area contributed by atoms with Crippen molar-refractivity contribution < 1.29 is 19.3 Å². The lowest BCUT2D eigenvalue weighted by molar-refractivity contribution is -0.384. The highest BCUT2D eigenvalue weighted by atomic mass is 35.5. The standard InChI is InChI=1S/C24H18ClN3O5/c25-19-12-5-4-11-18(19)21-20-22(33-27(21)16-9-6-10-17(13-16)28(31)32)24(30)26(23(20)29)14-15-7-2-1-3-8-15/h1-13,20-22H,14H2/t20-,21+,22-/m1/s1. The minimum absolute atomic E-state index is 0.130. The van der Waals surface area contributed by atoms with Crippen LogP contribution in [0.1, 0.15) is 17.2 Å². The maximum atomic E-state index is 13.5. The average molecular weight is 464 g/mol. The molecule has 33 heavy (non-hydrogen) atoms.